The van der Waals surface area contributed by atoms with E-state index in [1.165, 1.54) is 12.8 Å². The molecule has 0 unspecified atom stereocenters. The van der Waals surface area contributed by atoms with Gasteiger partial charge in [-0.05, 0) is 25.0 Å². The first-order valence-corrected chi connectivity index (χ1v) is 5.36. The lowest BCUT2D eigenvalue weighted by molar-refractivity contribution is 0.462. The van der Waals surface area contributed by atoms with Gasteiger partial charge in [-0.25, -0.2) is 0 Å². The molecule has 3 rings (SSSR count). The van der Waals surface area contributed by atoms with E-state index in [1.807, 2.05) is 23.9 Å². The zero-order valence-corrected chi connectivity index (χ0v) is 8.03. The molecule has 0 bridgehead atoms. The van der Waals surface area contributed by atoms with Gasteiger partial charge in [0, 0.05) is 11.3 Å². The maximum atomic E-state index is 9.66. The third kappa shape index (κ3) is 1.10. The number of phenolic OH excluding ortho intramolecular Hbond substituents is 1. The van der Waals surface area contributed by atoms with Gasteiger partial charge in [0.2, 0.25) is 0 Å². The fourth-order valence-electron chi connectivity index (χ4n) is 1.70. The van der Waals surface area contributed by atoms with Gasteiger partial charge >= 0.3 is 0 Å². The minimum atomic E-state index is 0.409. The molecule has 1 saturated carbocycles. The van der Waals surface area contributed by atoms with Crippen LogP contribution in [-0.2, 0) is 0 Å². The summed E-state index contributed by atoms with van der Waals surface area (Å²) in [5.74, 6) is 0.418. The molecule has 0 saturated heterocycles. The number of aromatic hydroxyl groups is 1. The molecule has 1 fully saturated rings. The SMILES string of the molecule is Oc1cccc2c1SC1(CC1)CN2. The summed E-state index contributed by atoms with van der Waals surface area (Å²) < 4.78 is 0.409. The predicted octanol–water partition coefficient (Wildman–Crippen LogP) is 2.44. The Morgan fingerprint density at radius 2 is 2.23 bits per heavy atom. The Balaban J connectivity index is 2.06. The van der Waals surface area contributed by atoms with Crippen LogP contribution in [0.2, 0.25) is 0 Å². The summed E-state index contributed by atoms with van der Waals surface area (Å²) in [6, 6.07) is 5.67. The molecule has 2 N–H and O–H groups in total. The second-order valence-electron chi connectivity index (χ2n) is 3.79. The molecule has 1 aliphatic carbocycles. The summed E-state index contributed by atoms with van der Waals surface area (Å²) in [7, 11) is 0. The minimum Gasteiger partial charge on any atom is -0.507 e. The number of phenols is 1. The monoisotopic (exact) mass is 193 g/mol. The second-order valence-corrected chi connectivity index (χ2v) is 5.27. The van der Waals surface area contributed by atoms with Crippen LogP contribution in [0.15, 0.2) is 23.1 Å². The highest BCUT2D eigenvalue weighted by Crippen LogP contribution is 2.57. The zero-order chi connectivity index (χ0) is 8.89. The van der Waals surface area contributed by atoms with Gasteiger partial charge in [0.25, 0.3) is 0 Å². The van der Waals surface area contributed by atoms with Crippen molar-refractivity contribution in [3.63, 3.8) is 0 Å². The van der Waals surface area contributed by atoms with Crippen molar-refractivity contribution in [2.45, 2.75) is 22.5 Å². The molecule has 68 valence electrons. The molecule has 3 heteroatoms. The number of rotatable bonds is 0. The molecule has 0 amide bonds. The first-order chi connectivity index (χ1) is 6.29. The normalized spacial score (nSPS) is 22.2. The van der Waals surface area contributed by atoms with E-state index in [1.54, 1.807) is 6.07 Å². The minimum absolute atomic E-state index is 0.409. The van der Waals surface area contributed by atoms with Crippen LogP contribution in [0, 0.1) is 0 Å². The largest absolute Gasteiger partial charge is 0.507 e. The van der Waals surface area contributed by atoms with Crippen molar-refractivity contribution in [2.75, 3.05) is 11.9 Å². The summed E-state index contributed by atoms with van der Waals surface area (Å²) in [5, 5.41) is 13.0. The van der Waals surface area contributed by atoms with Gasteiger partial charge < -0.3 is 10.4 Å². The van der Waals surface area contributed by atoms with Gasteiger partial charge in [0.1, 0.15) is 5.75 Å². The van der Waals surface area contributed by atoms with Crippen molar-refractivity contribution in [3.8, 4) is 5.75 Å². The molecule has 0 aromatic heterocycles. The van der Waals surface area contributed by atoms with Crippen molar-refractivity contribution >= 4 is 17.4 Å². The van der Waals surface area contributed by atoms with E-state index < -0.39 is 0 Å². The highest BCUT2D eigenvalue weighted by molar-refractivity contribution is 8.01. The van der Waals surface area contributed by atoms with Crippen LogP contribution < -0.4 is 5.32 Å². The molecule has 2 aliphatic rings. The second kappa shape index (κ2) is 2.35. The van der Waals surface area contributed by atoms with E-state index in [0.717, 1.165) is 17.1 Å². The van der Waals surface area contributed by atoms with Crippen LogP contribution in [-0.4, -0.2) is 16.4 Å². The van der Waals surface area contributed by atoms with E-state index >= 15 is 0 Å². The Morgan fingerprint density at radius 1 is 1.38 bits per heavy atom. The Kier molecular flexibility index (Phi) is 1.37. The van der Waals surface area contributed by atoms with E-state index in [4.69, 9.17) is 0 Å². The fraction of sp³-hybridized carbons (Fsp3) is 0.400. The van der Waals surface area contributed by atoms with E-state index in [9.17, 15) is 5.11 Å². The molecule has 1 spiro atoms. The summed E-state index contributed by atoms with van der Waals surface area (Å²) in [4.78, 5) is 1.03. The van der Waals surface area contributed by atoms with Crippen LogP contribution in [0.25, 0.3) is 0 Å². The van der Waals surface area contributed by atoms with Crippen molar-refractivity contribution in [3.05, 3.63) is 18.2 Å². The lowest BCUT2D eigenvalue weighted by atomic mass is 10.2. The van der Waals surface area contributed by atoms with Gasteiger partial charge in [-0.15, -0.1) is 11.8 Å². The number of fused-ring (bicyclic) bond motifs is 1. The van der Waals surface area contributed by atoms with Crippen molar-refractivity contribution in [1.29, 1.82) is 0 Å². The van der Waals surface area contributed by atoms with Gasteiger partial charge in [0.15, 0.2) is 0 Å². The lowest BCUT2D eigenvalue weighted by Gasteiger charge is -2.25. The Hall–Kier alpha value is -0.830. The third-order valence-electron chi connectivity index (χ3n) is 2.72. The lowest BCUT2D eigenvalue weighted by Crippen LogP contribution is -2.22. The van der Waals surface area contributed by atoms with E-state index in [-0.39, 0.29) is 0 Å². The third-order valence-corrected chi connectivity index (χ3v) is 4.34. The predicted molar refractivity (Wildman–Crippen MR) is 54.4 cm³/mol. The first-order valence-electron chi connectivity index (χ1n) is 4.54. The Labute approximate surface area is 81.3 Å². The topological polar surface area (TPSA) is 32.3 Å². The van der Waals surface area contributed by atoms with Crippen molar-refractivity contribution in [2.24, 2.45) is 0 Å². The van der Waals surface area contributed by atoms with Crippen molar-refractivity contribution in [1.82, 2.24) is 0 Å². The molecule has 1 aliphatic heterocycles. The fourth-order valence-corrected chi connectivity index (χ4v) is 3.00. The number of hydrogen-bond acceptors (Lipinski definition) is 3. The average Bonchev–Trinajstić information content (AvgIpc) is 2.88. The molecular weight excluding hydrogens is 182 g/mol. The number of nitrogens with one attached hydrogen (secondary N) is 1. The highest BCUT2D eigenvalue weighted by Gasteiger charge is 2.46. The highest BCUT2D eigenvalue weighted by atomic mass is 32.2. The standard InChI is InChI=1S/C10H11NOS/c12-8-3-1-2-7-9(8)13-10(4-5-10)6-11-7/h1-3,11-12H,4-6H2. The number of benzene rings is 1. The smallest absolute Gasteiger partial charge is 0.131 e. The van der Waals surface area contributed by atoms with Crippen molar-refractivity contribution < 1.29 is 5.11 Å². The van der Waals surface area contributed by atoms with E-state index in [0.29, 0.717) is 10.5 Å². The number of anilines is 1. The summed E-state index contributed by atoms with van der Waals surface area (Å²) in [6.45, 7) is 1.05. The van der Waals surface area contributed by atoms with Gasteiger partial charge in [-0.3, -0.25) is 0 Å². The maximum Gasteiger partial charge on any atom is 0.131 e. The molecular formula is C10H11NOS. The summed E-state index contributed by atoms with van der Waals surface area (Å²) in [5.41, 5.74) is 1.09. The molecule has 0 atom stereocenters. The van der Waals surface area contributed by atoms with Gasteiger partial charge in [0.05, 0.1) is 10.6 Å². The molecule has 2 nitrogen and oxygen atoms in total. The van der Waals surface area contributed by atoms with Crippen LogP contribution in [0.5, 0.6) is 5.75 Å². The molecule has 1 aromatic carbocycles. The number of thioether (sulfide) groups is 1. The van der Waals surface area contributed by atoms with Crippen LogP contribution >= 0.6 is 11.8 Å². The number of hydrogen-bond donors (Lipinski definition) is 2. The summed E-state index contributed by atoms with van der Waals surface area (Å²) >= 11 is 1.84. The van der Waals surface area contributed by atoms with Gasteiger partial charge in [-0.1, -0.05) is 6.07 Å². The van der Waals surface area contributed by atoms with Gasteiger partial charge in [-0.2, -0.15) is 0 Å². The zero-order valence-electron chi connectivity index (χ0n) is 7.21. The van der Waals surface area contributed by atoms with E-state index in [2.05, 4.69) is 5.32 Å². The van der Waals surface area contributed by atoms with Crippen LogP contribution in [0.3, 0.4) is 0 Å². The first kappa shape index (κ1) is 7.56. The maximum absolute atomic E-state index is 9.66. The molecule has 0 radical (unpaired) electrons. The molecule has 1 heterocycles. The summed E-state index contributed by atoms with van der Waals surface area (Å²) in [6.07, 6.45) is 2.55. The molecule has 13 heavy (non-hydrogen) atoms. The molecule has 1 aromatic rings. The van der Waals surface area contributed by atoms with Crippen LogP contribution in [0.4, 0.5) is 5.69 Å². The quantitative estimate of drug-likeness (QED) is 0.663. The average molecular weight is 193 g/mol. The Bertz CT molecular complexity index is 360. The van der Waals surface area contributed by atoms with Crippen LogP contribution in [0.1, 0.15) is 12.8 Å². The Morgan fingerprint density at radius 3 is 3.00 bits per heavy atom.